The van der Waals surface area contributed by atoms with E-state index in [1.54, 1.807) is 23.9 Å². The normalized spacial score (nSPS) is 18.9. The quantitative estimate of drug-likeness (QED) is 0.920. The standard InChI is InChI=1S/C14H19FN2OS/c1-19-9-12-6-11(2-3-13(12)15)14(18)17-5-4-10(7-16)8-17/h2-3,6,10H,4-5,7-9,16H2,1H3/t10-/m0/s1. The molecule has 0 bridgehead atoms. The molecule has 1 aromatic carbocycles. The zero-order valence-corrected chi connectivity index (χ0v) is 11.9. The molecule has 1 atom stereocenters. The second-order valence-corrected chi connectivity index (χ2v) is 5.75. The highest BCUT2D eigenvalue weighted by Gasteiger charge is 2.26. The highest BCUT2D eigenvalue weighted by Crippen LogP contribution is 2.20. The molecule has 0 aromatic heterocycles. The van der Waals surface area contributed by atoms with E-state index in [1.165, 1.54) is 6.07 Å². The fraction of sp³-hybridized carbons (Fsp3) is 0.500. The van der Waals surface area contributed by atoms with Gasteiger partial charge >= 0.3 is 0 Å². The SMILES string of the molecule is CSCc1cc(C(=O)N2CC[C@@H](CN)C2)ccc1F. The Balaban J connectivity index is 2.13. The zero-order chi connectivity index (χ0) is 13.8. The maximum atomic E-state index is 13.6. The topological polar surface area (TPSA) is 46.3 Å². The Morgan fingerprint density at radius 2 is 2.37 bits per heavy atom. The lowest BCUT2D eigenvalue weighted by molar-refractivity contribution is 0.0787. The van der Waals surface area contributed by atoms with Crippen LogP contribution in [0.2, 0.25) is 0 Å². The van der Waals surface area contributed by atoms with Crippen LogP contribution >= 0.6 is 11.8 Å². The average molecular weight is 282 g/mol. The van der Waals surface area contributed by atoms with Gasteiger partial charge in [-0.25, -0.2) is 4.39 Å². The maximum Gasteiger partial charge on any atom is 0.253 e. The summed E-state index contributed by atoms with van der Waals surface area (Å²) in [6.45, 7) is 2.07. The van der Waals surface area contributed by atoms with Gasteiger partial charge in [0.2, 0.25) is 0 Å². The molecule has 1 aromatic rings. The Labute approximate surface area is 117 Å². The van der Waals surface area contributed by atoms with Gasteiger partial charge in [0, 0.05) is 24.4 Å². The van der Waals surface area contributed by atoms with E-state index in [9.17, 15) is 9.18 Å². The van der Waals surface area contributed by atoms with Crippen LogP contribution in [0.1, 0.15) is 22.3 Å². The number of carbonyl (C=O) groups is 1. The van der Waals surface area contributed by atoms with Gasteiger partial charge < -0.3 is 10.6 Å². The van der Waals surface area contributed by atoms with Crippen molar-refractivity contribution in [1.82, 2.24) is 4.90 Å². The molecule has 19 heavy (non-hydrogen) atoms. The monoisotopic (exact) mass is 282 g/mol. The first-order valence-corrected chi connectivity index (χ1v) is 7.81. The van der Waals surface area contributed by atoms with Crippen LogP contribution in [0.3, 0.4) is 0 Å². The molecule has 0 spiro atoms. The molecule has 0 aliphatic carbocycles. The Kier molecular flexibility index (Phi) is 4.82. The van der Waals surface area contributed by atoms with Crippen molar-refractivity contribution >= 4 is 17.7 Å². The predicted molar refractivity (Wildman–Crippen MR) is 76.7 cm³/mol. The third-order valence-corrected chi connectivity index (χ3v) is 4.10. The summed E-state index contributed by atoms with van der Waals surface area (Å²) < 4.78 is 13.6. The van der Waals surface area contributed by atoms with Gasteiger partial charge in [0.1, 0.15) is 5.82 Å². The molecular formula is C14H19FN2OS. The van der Waals surface area contributed by atoms with Crippen molar-refractivity contribution in [2.45, 2.75) is 12.2 Å². The summed E-state index contributed by atoms with van der Waals surface area (Å²) in [5.74, 6) is 0.721. The summed E-state index contributed by atoms with van der Waals surface area (Å²) in [5.41, 5.74) is 6.79. The molecule has 2 rings (SSSR count). The number of hydrogen-bond donors (Lipinski definition) is 1. The molecule has 104 valence electrons. The lowest BCUT2D eigenvalue weighted by atomic mass is 10.1. The van der Waals surface area contributed by atoms with Crippen molar-refractivity contribution in [1.29, 1.82) is 0 Å². The first kappa shape index (κ1) is 14.3. The van der Waals surface area contributed by atoms with E-state index in [0.717, 1.165) is 13.0 Å². The fourth-order valence-corrected chi connectivity index (χ4v) is 2.90. The highest BCUT2D eigenvalue weighted by molar-refractivity contribution is 7.97. The summed E-state index contributed by atoms with van der Waals surface area (Å²) in [6.07, 6.45) is 2.88. The molecule has 1 aliphatic rings. The van der Waals surface area contributed by atoms with Gasteiger partial charge in [-0.2, -0.15) is 11.8 Å². The van der Waals surface area contributed by atoms with E-state index < -0.39 is 0 Å². The van der Waals surface area contributed by atoms with Gasteiger partial charge in [0.05, 0.1) is 0 Å². The summed E-state index contributed by atoms with van der Waals surface area (Å²) in [4.78, 5) is 14.1. The molecule has 1 aliphatic heterocycles. The lowest BCUT2D eigenvalue weighted by Gasteiger charge is -2.17. The van der Waals surface area contributed by atoms with Crippen molar-refractivity contribution in [3.05, 3.63) is 35.1 Å². The maximum absolute atomic E-state index is 13.6. The van der Waals surface area contributed by atoms with Crippen molar-refractivity contribution in [3.8, 4) is 0 Å². The third kappa shape index (κ3) is 3.28. The summed E-state index contributed by atoms with van der Waals surface area (Å²) in [7, 11) is 0. The lowest BCUT2D eigenvalue weighted by Crippen LogP contribution is -2.29. The first-order chi connectivity index (χ1) is 9.15. The molecule has 1 saturated heterocycles. The van der Waals surface area contributed by atoms with Crippen molar-refractivity contribution in [3.63, 3.8) is 0 Å². The van der Waals surface area contributed by atoms with E-state index in [1.807, 2.05) is 11.2 Å². The molecule has 1 heterocycles. The highest BCUT2D eigenvalue weighted by atomic mass is 32.2. The average Bonchev–Trinajstić information content (AvgIpc) is 2.89. The van der Waals surface area contributed by atoms with Crippen molar-refractivity contribution in [2.75, 3.05) is 25.9 Å². The van der Waals surface area contributed by atoms with Gasteiger partial charge in [0.25, 0.3) is 5.91 Å². The number of thioether (sulfide) groups is 1. The van der Waals surface area contributed by atoms with Gasteiger partial charge in [0.15, 0.2) is 0 Å². The van der Waals surface area contributed by atoms with Gasteiger partial charge in [-0.15, -0.1) is 0 Å². The van der Waals surface area contributed by atoms with E-state index in [4.69, 9.17) is 5.73 Å². The summed E-state index contributed by atoms with van der Waals surface area (Å²) in [5, 5.41) is 0. The number of likely N-dealkylation sites (tertiary alicyclic amines) is 1. The zero-order valence-electron chi connectivity index (χ0n) is 11.1. The summed E-state index contributed by atoms with van der Waals surface area (Å²) >= 11 is 1.54. The number of carbonyl (C=O) groups excluding carboxylic acids is 1. The van der Waals surface area contributed by atoms with E-state index >= 15 is 0 Å². The first-order valence-electron chi connectivity index (χ1n) is 6.42. The molecule has 1 fully saturated rings. The molecular weight excluding hydrogens is 263 g/mol. The van der Waals surface area contributed by atoms with Gasteiger partial charge in [-0.3, -0.25) is 4.79 Å². The van der Waals surface area contributed by atoms with Crippen LogP contribution < -0.4 is 5.73 Å². The molecule has 2 N–H and O–H groups in total. The molecule has 5 heteroatoms. The number of nitrogens with zero attached hydrogens (tertiary/aromatic N) is 1. The predicted octanol–water partition coefficient (Wildman–Crippen LogP) is 2.11. The van der Waals surface area contributed by atoms with Crippen molar-refractivity contribution in [2.24, 2.45) is 11.7 Å². The van der Waals surface area contributed by atoms with Crippen LogP contribution in [-0.2, 0) is 5.75 Å². The largest absolute Gasteiger partial charge is 0.338 e. The van der Waals surface area contributed by atoms with Crippen LogP contribution in [0.5, 0.6) is 0 Å². The minimum atomic E-state index is -0.243. The van der Waals surface area contributed by atoms with Crippen LogP contribution in [0, 0.1) is 11.7 Å². The van der Waals surface area contributed by atoms with Crippen LogP contribution in [0.25, 0.3) is 0 Å². The molecule has 3 nitrogen and oxygen atoms in total. The van der Waals surface area contributed by atoms with E-state index in [2.05, 4.69) is 0 Å². The number of amides is 1. The van der Waals surface area contributed by atoms with Gasteiger partial charge in [-0.1, -0.05) is 0 Å². The number of benzene rings is 1. The second-order valence-electron chi connectivity index (χ2n) is 4.88. The third-order valence-electron chi connectivity index (χ3n) is 3.50. The van der Waals surface area contributed by atoms with Crippen LogP contribution in [-0.4, -0.2) is 36.7 Å². The fourth-order valence-electron chi connectivity index (χ4n) is 2.37. The number of nitrogens with two attached hydrogens (primary N) is 1. The van der Waals surface area contributed by atoms with Crippen LogP contribution in [0.4, 0.5) is 4.39 Å². The number of halogens is 1. The van der Waals surface area contributed by atoms with Gasteiger partial charge in [-0.05, 0) is 48.9 Å². The molecule has 0 radical (unpaired) electrons. The smallest absolute Gasteiger partial charge is 0.253 e. The Morgan fingerprint density at radius 3 is 3.00 bits per heavy atom. The minimum Gasteiger partial charge on any atom is -0.338 e. The Hall–Kier alpha value is -1.07. The molecule has 0 saturated carbocycles. The summed E-state index contributed by atoms with van der Waals surface area (Å²) in [6, 6.07) is 4.62. The van der Waals surface area contributed by atoms with E-state index in [0.29, 0.717) is 35.9 Å². The minimum absolute atomic E-state index is 0.0155. The Bertz CT molecular complexity index is 467. The van der Waals surface area contributed by atoms with Crippen LogP contribution in [0.15, 0.2) is 18.2 Å². The second kappa shape index (κ2) is 6.39. The van der Waals surface area contributed by atoms with E-state index in [-0.39, 0.29) is 11.7 Å². The Morgan fingerprint density at radius 1 is 1.58 bits per heavy atom. The molecule has 0 unspecified atom stereocenters. The molecule has 1 amide bonds. The number of rotatable bonds is 4. The van der Waals surface area contributed by atoms with Crippen molar-refractivity contribution < 1.29 is 9.18 Å². The number of hydrogen-bond acceptors (Lipinski definition) is 3.